The van der Waals surface area contributed by atoms with Gasteiger partial charge in [-0.05, 0) is 63.4 Å². The Labute approximate surface area is 251 Å². The van der Waals surface area contributed by atoms with E-state index in [1.807, 2.05) is 13.8 Å². The van der Waals surface area contributed by atoms with Crippen LogP contribution < -0.4 is 0 Å². The standard InChI is InChI=1S/C30H32O4S5/c1-3-36-30(35)39-20(2)29(32)34-15-17-38-37-16-14-33-26(31)9-4-6-21-18-24-12-10-22-7-5-8-23-11-13-25(19-21)28(24)27(22)23/h5,7-8,10-13,18-20H,3-4,6,9,14-17H2,1-2H3. The summed E-state index contributed by atoms with van der Waals surface area (Å²) in [6, 6.07) is 19.7. The van der Waals surface area contributed by atoms with Gasteiger partial charge in [0.2, 0.25) is 0 Å². The van der Waals surface area contributed by atoms with Gasteiger partial charge in [-0.3, -0.25) is 9.59 Å². The Hall–Kier alpha value is -1.65. The summed E-state index contributed by atoms with van der Waals surface area (Å²) in [6.07, 6.45) is 2.02. The van der Waals surface area contributed by atoms with Crippen LogP contribution >= 0.6 is 57.3 Å². The summed E-state index contributed by atoms with van der Waals surface area (Å²) >= 11 is 8.16. The average Bonchev–Trinajstić information content (AvgIpc) is 2.93. The average molecular weight is 617 g/mol. The molecule has 0 saturated heterocycles. The second kappa shape index (κ2) is 15.4. The van der Waals surface area contributed by atoms with Gasteiger partial charge in [-0.1, -0.05) is 107 Å². The van der Waals surface area contributed by atoms with E-state index in [-0.39, 0.29) is 17.2 Å². The number of thioether (sulfide) groups is 2. The molecule has 206 valence electrons. The molecule has 4 aromatic rings. The lowest BCUT2D eigenvalue weighted by molar-refractivity contribution is -0.143. The van der Waals surface area contributed by atoms with Gasteiger partial charge in [-0.25, -0.2) is 0 Å². The van der Waals surface area contributed by atoms with Gasteiger partial charge in [0.25, 0.3) is 0 Å². The summed E-state index contributed by atoms with van der Waals surface area (Å²) in [5.74, 6) is 1.91. The molecule has 0 radical (unpaired) electrons. The van der Waals surface area contributed by atoms with Crippen molar-refractivity contribution in [2.24, 2.45) is 0 Å². The van der Waals surface area contributed by atoms with Crippen molar-refractivity contribution in [1.29, 1.82) is 0 Å². The minimum atomic E-state index is -0.289. The van der Waals surface area contributed by atoms with Gasteiger partial charge in [-0.15, -0.1) is 11.8 Å². The van der Waals surface area contributed by atoms with Crippen LogP contribution in [-0.4, -0.2) is 51.2 Å². The molecular weight excluding hydrogens is 585 g/mol. The molecule has 0 heterocycles. The molecule has 0 aliphatic carbocycles. The molecule has 4 aromatic carbocycles. The Morgan fingerprint density at radius 2 is 1.46 bits per heavy atom. The van der Waals surface area contributed by atoms with E-state index < -0.39 is 0 Å². The maximum atomic E-state index is 12.2. The third kappa shape index (κ3) is 8.67. The summed E-state index contributed by atoms with van der Waals surface area (Å²) < 4.78 is 11.5. The molecule has 9 heteroatoms. The smallest absolute Gasteiger partial charge is 0.319 e. The molecule has 0 aliphatic rings. The van der Waals surface area contributed by atoms with Crippen molar-refractivity contribution in [3.8, 4) is 0 Å². The van der Waals surface area contributed by atoms with E-state index in [9.17, 15) is 9.59 Å². The third-order valence-electron chi connectivity index (χ3n) is 6.16. The molecule has 0 saturated carbocycles. The normalized spacial score (nSPS) is 12.3. The monoisotopic (exact) mass is 616 g/mol. The predicted molar refractivity (Wildman–Crippen MR) is 178 cm³/mol. The van der Waals surface area contributed by atoms with E-state index in [1.54, 1.807) is 33.3 Å². The number of esters is 2. The van der Waals surface area contributed by atoms with Crippen molar-refractivity contribution in [3.63, 3.8) is 0 Å². The number of hydrogen-bond acceptors (Lipinski definition) is 9. The van der Waals surface area contributed by atoms with Crippen molar-refractivity contribution in [2.75, 3.05) is 30.5 Å². The molecule has 0 amide bonds. The first-order valence-electron chi connectivity index (χ1n) is 13.0. The molecule has 1 unspecified atom stereocenters. The topological polar surface area (TPSA) is 52.6 Å². The van der Waals surface area contributed by atoms with E-state index in [1.165, 1.54) is 49.6 Å². The summed E-state index contributed by atoms with van der Waals surface area (Å²) in [6.45, 7) is 4.60. The molecule has 0 fully saturated rings. The first-order valence-corrected chi connectivity index (χ1v) is 17.8. The minimum Gasteiger partial charge on any atom is -0.465 e. The van der Waals surface area contributed by atoms with Crippen LogP contribution in [0.5, 0.6) is 0 Å². The van der Waals surface area contributed by atoms with Crippen LogP contribution in [0, 0.1) is 0 Å². The fourth-order valence-corrected chi connectivity index (χ4v) is 8.60. The Kier molecular flexibility index (Phi) is 12.0. The number of ether oxygens (including phenoxy) is 2. The molecule has 0 aromatic heterocycles. The van der Waals surface area contributed by atoms with E-state index in [4.69, 9.17) is 21.7 Å². The maximum Gasteiger partial charge on any atom is 0.319 e. The molecule has 0 aliphatic heterocycles. The van der Waals surface area contributed by atoms with Crippen LogP contribution in [0.2, 0.25) is 0 Å². The molecular formula is C30H32O4S5. The number of thiocarbonyl (C=S) groups is 1. The first kappa shape index (κ1) is 30.3. The maximum absolute atomic E-state index is 12.2. The molecule has 1 atom stereocenters. The van der Waals surface area contributed by atoms with Crippen LogP contribution in [0.1, 0.15) is 32.3 Å². The van der Waals surface area contributed by atoms with Crippen LogP contribution in [0.3, 0.4) is 0 Å². The third-order valence-corrected chi connectivity index (χ3v) is 11.0. The van der Waals surface area contributed by atoms with Gasteiger partial charge in [0.05, 0.1) is 0 Å². The molecule has 4 nitrogen and oxygen atoms in total. The molecule has 4 rings (SSSR count). The fraction of sp³-hybridized carbons (Fsp3) is 0.367. The number of hydrogen-bond donors (Lipinski definition) is 0. The minimum absolute atomic E-state index is 0.155. The van der Waals surface area contributed by atoms with Gasteiger partial charge >= 0.3 is 11.9 Å². The van der Waals surface area contributed by atoms with Crippen molar-refractivity contribution in [1.82, 2.24) is 0 Å². The highest BCUT2D eigenvalue weighted by Gasteiger charge is 2.17. The van der Waals surface area contributed by atoms with Gasteiger partial charge in [0.1, 0.15) is 22.0 Å². The molecule has 39 heavy (non-hydrogen) atoms. The van der Waals surface area contributed by atoms with Crippen molar-refractivity contribution >= 4 is 105 Å². The zero-order valence-electron chi connectivity index (χ0n) is 22.1. The second-order valence-electron chi connectivity index (χ2n) is 8.96. The lowest BCUT2D eigenvalue weighted by atomic mass is 9.92. The van der Waals surface area contributed by atoms with Gasteiger partial charge in [-0.2, -0.15) is 0 Å². The number of carbonyl (C=O) groups is 2. The van der Waals surface area contributed by atoms with E-state index >= 15 is 0 Å². The highest BCUT2D eigenvalue weighted by Crippen LogP contribution is 2.35. The number of benzene rings is 4. The molecule has 0 spiro atoms. The van der Waals surface area contributed by atoms with E-state index in [0.717, 1.165) is 22.1 Å². The predicted octanol–water partition coefficient (Wildman–Crippen LogP) is 8.53. The summed E-state index contributed by atoms with van der Waals surface area (Å²) in [7, 11) is 3.23. The van der Waals surface area contributed by atoms with Gasteiger partial charge in [0.15, 0.2) is 0 Å². The Morgan fingerprint density at radius 1 is 0.872 bits per heavy atom. The second-order valence-corrected chi connectivity index (χ2v) is 15.5. The van der Waals surface area contributed by atoms with Crippen LogP contribution in [-0.2, 0) is 25.5 Å². The highest BCUT2D eigenvalue weighted by molar-refractivity contribution is 8.76. The molecule has 0 bridgehead atoms. The van der Waals surface area contributed by atoms with Crippen LogP contribution in [0.15, 0.2) is 54.6 Å². The number of carbonyl (C=O) groups excluding carboxylic acids is 2. The summed E-state index contributed by atoms with van der Waals surface area (Å²) in [4.78, 5) is 24.2. The summed E-state index contributed by atoms with van der Waals surface area (Å²) in [5.41, 5.74) is 1.25. The van der Waals surface area contributed by atoms with E-state index in [0.29, 0.717) is 31.1 Å². The van der Waals surface area contributed by atoms with E-state index in [2.05, 4.69) is 54.6 Å². The largest absolute Gasteiger partial charge is 0.465 e. The number of aryl methyl sites for hydroxylation is 1. The van der Waals surface area contributed by atoms with Crippen molar-refractivity contribution in [2.45, 2.75) is 38.4 Å². The Balaban J connectivity index is 1.09. The lowest BCUT2D eigenvalue weighted by Gasteiger charge is -2.12. The van der Waals surface area contributed by atoms with Crippen LogP contribution in [0.4, 0.5) is 0 Å². The fourth-order valence-electron chi connectivity index (χ4n) is 4.42. The zero-order chi connectivity index (χ0) is 27.6. The lowest BCUT2D eigenvalue weighted by Crippen LogP contribution is -2.19. The van der Waals surface area contributed by atoms with Crippen molar-refractivity contribution < 1.29 is 19.1 Å². The number of rotatable bonds is 14. The van der Waals surface area contributed by atoms with Gasteiger partial charge in [0, 0.05) is 17.9 Å². The first-order chi connectivity index (χ1) is 19.0. The van der Waals surface area contributed by atoms with Crippen LogP contribution in [0.25, 0.3) is 32.3 Å². The quantitative estimate of drug-likeness (QED) is 0.0456. The Morgan fingerprint density at radius 3 is 2.10 bits per heavy atom. The zero-order valence-corrected chi connectivity index (χ0v) is 26.2. The summed E-state index contributed by atoms with van der Waals surface area (Å²) in [5, 5.41) is 7.41. The SMILES string of the molecule is CCSC(=S)SC(C)C(=O)OCCSSCCOC(=O)CCCc1cc2ccc3cccc4ccc(c1)c2c34. The molecule has 0 N–H and O–H groups in total. The highest BCUT2D eigenvalue weighted by atomic mass is 33.1. The Bertz CT molecular complexity index is 1360. The van der Waals surface area contributed by atoms with Gasteiger partial charge < -0.3 is 9.47 Å². The van der Waals surface area contributed by atoms with Crippen molar-refractivity contribution in [3.05, 3.63) is 60.2 Å².